The highest BCUT2D eigenvalue weighted by atomic mass is 19.4. The molecule has 0 heterocycles. The first-order valence-corrected chi connectivity index (χ1v) is 7.51. The Balaban J connectivity index is 4.79. The Morgan fingerprint density at radius 3 is 1.70 bits per heavy atom. The standard InChI is InChI=1S/C15H31F3N2/c1-7-14(8-2,10-19-13(4,5)6)11-20(9-3)12-15(16,17)18/h19H,7-12H2,1-6H3. The van der Waals surface area contributed by atoms with Crippen molar-refractivity contribution < 1.29 is 13.2 Å². The molecule has 0 atom stereocenters. The molecule has 2 nitrogen and oxygen atoms in total. The molecule has 122 valence electrons. The first kappa shape index (κ1) is 19.7. The van der Waals surface area contributed by atoms with Gasteiger partial charge in [0.05, 0.1) is 6.54 Å². The molecular weight excluding hydrogens is 265 g/mol. The van der Waals surface area contributed by atoms with Crippen molar-refractivity contribution in [3.05, 3.63) is 0 Å². The van der Waals surface area contributed by atoms with Crippen LogP contribution in [0.25, 0.3) is 0 Å². The van der Waals surface area contributed by atoms with Crippen molar-refractivity contribution in [2.45, 2.75) is 66.1 Å². The summed E-state index contributed by atoms with van der Waals surface area (Å²) in [5, 5.41) is 3.45. The normalized spacial score (nSPS) is 14.1. The fraction of sp³-hybridized carbons (Fsp3) is 1.00. The van der Waals surface area contributed by atoms with Crippen molar-refractivity contribution in [2.75, 3.05) is 26.2 Å². The third kappa shape index (κ3) is 8.10. The molecule has 0 unspecified atom stereocenters. The van der Waals surface area contributed by atoms with Gasteiger partial charge in [-0.1, -0.05) is 20.8 Å². The number of nitrogens with one attached hydrogen (secondary N) is 1. The fourth-order valence-corrected chi connectivity index (χ4v) is 2.24. The molecule has 0 amide bonds. The molecule has 0 aliphatic carbocycles. The third-order valence-electron chi connectivity index (χ3n) is 3.90. The highest BCUT2D eigenvalue weighted by molar-refractivity contribution is 4.86. The van der Waals surface area contributed by atoms with Gasteiger partial charge < -0.3 is 5.32 Å². The minimum atomic E-state index is -4.12. The molecule has 0 aromatic carbocycles. The van der Waals surface area contributed by atoms with E-state index in [9.17, 15) is 13.2 Å². The van der Waals surface area contributed by atoms with Crippen molar-refractivity contribution >= 4 is 0 Å². The number of nitrogens with zero attached hydrogens (tertiary/aromatic N) is 1. The number of hydrogen-bond donors (Lipinski definition) is 1. The Labute approximate surface area is 122 Å². The minimum absolute atomic E-state index is 0.0172. The van der Waals surface area contributed by atoms with Crippen molar-refractivity contribution in [1.82, 2.24) is 10.2 Å². The predicted octanol–water partition coefficient (Wildman–Crippen LogP) is 4.07. The molecule has 0 saturated carbocycles. The second kappa shape index (κ2) is 7.64. The molecule has 0 bridgehead atoms. The van der Waals surface area contributed by atoms with Crippen LogP contribution < -0.4 is 5.32 Å². The zero-order chi connectivity index (χ0) is 16.0. The summed E-state index contributed by atoms with van der Waals surface area (Å²) in [6.07, 6.45) is -2.37. The van der Waals surface area contributed by atoms with Gasteiger partial charge in [-0.2, -0.15) is 13.2 Å². The van der Waals surface area contributed by atoms with E-state index in [1.54, 1.807) is 6.92 Å². The Morgan fingerprint density at radius 2 is 1.40 bits per heavy atom. The van der Waals surface area contributed by atoms with Crippen molar-refractivity contribution in [3.8, 4) is 0 Å². The number of alkyl halides is 3. The van der Waals surface area contributed by atoms with E-state index in [0.29, 0.717) is 13.1 Å². The summed E-state index contributed by atoms with van der Waals surface area (Å²) >= 11 is 0. The maximum absolute atomic E-state index is 12.6. The van der Waals surface area contributed by atoms with Gasteiger partial charge in [-0.3, -0.25) is 4.90 Å². The second-order valence-electron chi connectivity index (χ2n) is 6.73. The molecule has 5 heteroatoms. The predicted molar refractivity (Wildman–Crippen MR) is 78.9 cm³/mol. The summed E-state index contributed by atoms with van der Waals surface area (Å²) in [6, 6.07) is 0. The average Bonchev–Trinajstić information content (AvgIpc) is 2.30. The van der Waals surface area contributed by atoms with Crippen LogP contribution in [0.4, 0.5) is 13.2 Å². The summed E-state index contributed by atoms with van der Waals surface area (Å²) in [7, 11) is 0. The molecular formula is C15H31F3N2. The lowest BCUT2D eigenvalue weighted by Crippen LogP contribution is -2.49. The first-order chi connectivity index (χ1) is 8.97. The largest absolute Gasteiger partial charge is 0.401 e. The van der Waals surface area contributed by atoms with Crippen LogP contribution in [0.2, 0.25) is 0 Å². The summed E-state index contributed by atoms with van der Waals surface area (Å²) in [5.74, 6) is 0. The Morgan fingerprint density at radius 1 is 0.900 bits per heavy atom. The van der Waals surface area contributed by atoms with Gasteiger partial charge in [0.1, 0.15) is 0 Å². The van der Waals surface area contributed by atoms with Crippen LogP contribution in [0.15, 0.2) is 0 Å². The van der Waals surface area contributed by atoms with Gasteiger partial charge in [0.15, 0.2) is 0 Å². The molecule has 20 heavy (non-hydrogen) atoms. The van der Waals surface area contributed by atoms with E-state index in [1.807, 2.05) is 0 Å². The molecule has 0 radical (unpaired) electrons. The number of halogens is 3. The van der Waals surface area contributed by atoms with Crippen LogP contribution >= 0.6 is 0 Å². The Kier molecular flexibility index (Phi) is 7.53. The SMILES string of the molecule is CCN(CC(F)(F)F)CC(CC)(CC)CNC(C)(C)C. The summed E-state index contributed by atoms with van der Waals surface area (Å²) in [4.78, 5) is 1.51. The number of hydrogen-bond acceptors (Lipinski definition) is 2. The fourth-order valence-electron chi connectivity index (χ4n) is 2.24. The molecule has 0 aliphatic heterocycles. The third-order valence-corrected chi connectivity index (χ3v) is 3.90. The highest BCUT2D eigenvalue weighted by Gasteiger charge is 2.35. The van der Waals surface area contributed by atoms with Crippen LogP contribution in [0.3, 0.4) is 0 Å². The van der Waals surface area contributed by atoms with Crippen LogP contribution in [0, 0.1) is 5.41 Å². The smallest absolute Gasteiger partial charge is 0.311 e. The van der Waals surface area contributed by atoms with Crippen molar-refractivity contribution in [1.29, 1.82) is 0 Å². The zero-order valence-electron chi connectivity index (χ0n) is 13.8. The summed E-state index contributed by atoms with van der Waals surface area (Å²) < 4.78 is 37.8. The van der Waals surface area contributed by atoms with Gasteiger partial charge in [-0.15, -0.1) is 0 Å². The first-order valence-electron chi connectivity index (χ1n) is 7.51. The van der Waals surface area contributed by atoms with Gasteiger partial charge in [-0.25, -0.2) is 0 Å². The van der Waals surface area contributed by atoms with E-state index in [0.717, 1.165) is 19.4 Å². The Bertz CT molecular complexity index is 265. The minimum Gasteiger partial charge on any atom is -0.311 e. The topological polar surface area (TPSA) is 15.3 Å². The van der Waals surface area contributed by atoms with Crippen LogP contribution in [0.1, 0.15) is 54.4 Å². The lowest BCUT2D eigenvalue weighted by Gasteiger charge is -2.39. The average molecular weight is 296 g/mol. The van der Waals surface area contributed by atoms with Gasteiger partial charge >= 0.3 is 6.18 Å². The van der Waals surface area contributed by atoms with E-state index >= 15 is 0 Å². The van der Waals surface area contributed by atoms with E-state index < -0.39 is 12.7 Å². The maximum Gasteiger partial charge on any atom is 0.401 e. The summed E-state index contributed by atoms with van der Waals surface area (Å²) in [6.45, 7) is 13.0. The zero-order valence-corrected chi connectivity index (χ0v) is 13.8. The molecule has 0 aliphatic rings. The Hall–Kier alpha value is -0.290. The van der Waals surface area contributed by atoms with Gasteiger partial charge in [0.2, 0.25) is 0 Å². The lowest BCUT2D eigenvalue weighted by atomic mass is 9.81. The van der Waals surface area contributed by atoms with E-state index in [-0.39, 0.29) is 11.0 Å². The molecule has 0 saturated heterocycles. The molecule has 0 aromatic heterocycles. The monoisotopic (exact) mass is 296 g/mol. The molecule has 0 aromatic rings. The molecule has 0 spiro atoms. The van der Waals surface area contributed by atoms with E-state index in [4.69, 9.17) is 0 Å². The molecule has 0 rings (SSSR count). The van der Waals surface area contributed by atoms with Gasteiger partial charge in [-0.05, 0) is 45.6 Å². The van der Waals surface area contributed by atoms with Crippen LogP contribution in [-0.2, 0) is 0 Å². The highest BCUT2D eigenvalue weighted by Crippen LogP contribution is 2.29. The molecule has 1 N–H and O–H groups in total. The van der Waals surface area contributed by atoms with E-state index in [2.05, 4.69) is 39.9 Å². The van der Waals surface area contributed by atoms with Crippen LogP contribution in [0.5, 0.6) is 0 Å². The molecule has 0 fully saturated rings. The second-order valence-corrected chi connectivity index (χ2v) is 6.73. The van der Waals surface area contributed by atoms with Crippen molar-refractivity contribution in [2.24, 2.45) is 5.41 Å². The summed E-state index contributed by atoms with van der Waals surface area (Å²) in [5.41, 5.74) is -0.120. The lowest BCUT2D eigenvalue weighted by molar-refractivity contribution is -0.149. The maximum atomic E-state index is 12.6. The quantitative estimate of drug-likeness (QED) is 0.726. The number of rotatable bonds is 8. The van der Waals surface area contributed by atoms with Crippen LogP contribution in [-0.4, -0.2) is 42.8 Å². The van der Waals surface area contributed by atoms with Gasteiger partial charge in [0, 0.05) is 18.6 Å². The van der Waals surface area contributed by atoms with Gasteiger partial charge in [0.25, 0.3) is 0 Å². The van der Waals surface area contributed by atoms with Crippen molar-refractivity contribution in [3.63, 3.8) is 0 Å². The van der Waals surface area contributed by atoms with E-state index in [1.165, 1.54) is 4.90 Å².